The molecule has 1 amide bonds. The molecule has 2 fully saturated rings. The van der Waals surface area contributed by atoms with Gasteiger partial charge in [-0.3, -0.25) is 9.36 Å². The summed E-state index contributed by atoms with van der Waals surface area (Å²) in [6.45, 7) is 4.70. The highest BCUT2D eigenvalue weighted by molar-refractivity contribution is 8.35. The molecule has 6 atom stereocenters. The van der Waals surface area contributed by atoms with E-state index in [0.29, 0.717) is 23.3 Å². The van der Waals surface area contributed by atoms with Crippen molar-refractivity contribution in [3.8, 4) is 0 Å². The van der Waals surface area contributed by atoms with Crippen LogP contribution in [0.3, 0.4) is 0 Å². The number of hydrogen-bond donors (Lipinski definition) is 3. The zero-order valence-electron chi connectivity index (χ0n) is 21.9. The number of rotatable bonds is 10. The van der Waals surface area contributed by atoms with E-state index in [1.54, 1.807) is 30.3 Å². The van der Waals surface area contributed by atoms with E-state index < -0.39 is 31.3 Å². The molecule has 12 heteroatoms. The van der Waals surface area contributed by atoms with Crippen LogP contribution in [-0.4, -0.2) is 50.9 Å². The molecule has 10 nitrogen and oxygen atoms in total. The molecule has 6 rings (SSSR count). The number of aliphatic hydroxyl groups is 1. The first kappa shape index (κ1) is 28.4. The maximum absolute atomic E-state index is 12.6. The number of fused-ring (bicyclic) bond motifs is 1. The van der Waals surface area contributed by atoms with Crippen molar-refractivity contribution in [3.05, 3.63) is 70.3 Å². The molecule has 210 valence electrons. The molecule has 2 bridgehead atoms. The molecule has 4 aliphatic rings. The van der Waals surface area contributed by atoms with Crippen LogP contribution >= 0.6 is 7.15 Å². The van der Waals surface area contributed by atoms with Gasteiger partial charge in [0.15, 0.2) is 0 Å². The van der Waals surface area contributed by atoms with E-state index in [4.69, 9.17) is 26.0 Å². The van der Waals surface area contributed by atoms with Gasteiger partial charge in [0.2, 0.25) is 0 Å². The Morgan fingerprint density at radius 2 is 2.03 bits per heavy atom. The third kappa shape index (κ3) is 6.30. The number of benzene rings is 1. The first-order valence-electron chi connectivity index (χ1n) is 13.1. The largest absolute Gasteiger partial charge is 0.459 e. The zero-order valence-corrected chi connectivity index (χ0v) is 23.6. The minimum Gasteiger partial charge on any atom is -0.459 e. The van der Waals surface area contributed by atoms with Crippen molar-refractivity contribution in [2.45, 2.75) is 58.0 Å². The van der Waals surface area contributed by atoms with E-state index in [-0.39, 0.29) is 31.4 Å². The van der Waals surface area contributed by atoms with Crippen molar-refractivity contribution in [2.24, 2.45) is 17.3 Å². The Bertz CT molecular complexity index is 1290. The summed E-state index contributed by atoms with van der Waals surface area (Å²) in [5.41, 5.74) is 1.47. The highest BCUT2D eigenvalue weighted by Crippen LogP contribution is 2.60. The van der Waals surface area contributed by atoms with Crippen molar-refractivity contribution < 1.29 is 28.6 Å². The normalized spacial score (nSPS) is 28.7. The number of allylic oxidation sites excluding steroid dienone is 1. The monoisotopic (exact) mass is 575 g/mol. The number of nitrogens with one attached hydrogen (secondary N) is 1. The molecular weight excluding hydrogens is 541 g/mol. The lowest BCUT2D eigenvalue weighted by Gasteiger charge is -2.56. The van der Waals surface area contributed by atoms with Crippen molar-refractivity contribution in [1.82, 2.24) is 9.55 Å². The fraction of sp³-hybridized carbons (Fsp3) is 0.519. The smallest absolute Gasteiger partial charge is 0.351 e. The van der Waals surface area contributed by atoms with Gasteiger partial charge in [-0.05, 0) is 54.7 Å². The number of carbonyl (C=O) groups is 1. The molecule has 1 saturated heterocycles. The summed E-state index contributed by atoms with van der Waals surface area (Å²) in [4.78, 5) is 39.4. The lowest BCUT2D eigenvalue weighted by atomic mass is 9.48. The van der Waals surface area contributed by atoms with Crippen molar-refractivity contribution in [2.75, 3.05) is 18.5 Å². The fourth-order valence-electron chi connectivity index (χ4n) is 5.76. The van der Waals surface area contributed by atoms with Gasteiger partial charge in [0.05, 0.1) is 12.7 Å². The maximum atomic E-state index is 12.6. The third-order valence-corrected chi connectivity index (χ3v) is 9.87. The number of ether oxygens (including phenoxy) is 1. The Kier molecular flexibility index (Phi) is 8.31. The Balaban J connectivity index is 1.10. The van der Waals surface area contributed by atoms with E-state index in [1.807, 2.05) is 0 Å². The average molecular weight is 576 g/mol. The van der Waals surface area contributed by atoms with Crippen LogP contribution in [0, 0.1) is 17.3 Å². The molecule has 39 heavy (non-hydrogen) atoms. The zero-order chi connectivity index (χ0) is 27.8. The minimum absolute atomic E-state index is 0.103. The molecule has 1 unspecified atom stereocenters. The standard InChI is InChI=1S/C27H34N3O7PS/c1-27(2)19-9-8-17(20(27)14-19)11-13-35-38(34,39)36-16-22-21(31)15-24(37-22)30-12-10-23(29-26(30)33)28-25(32)18-6-4-3-5-7-18/h3-8,10,12,19-22,24,31H,9,11,13-16H2,1-2H3,(H,34,39)(H,28,29,32,33)/t19-,20-,21-,22+,24+,38?/m0/s1. The Morgan fingerprint density at radius 3 is 2.72 bits per heavy atom. The average Bonchev–Trinajstić information content (AvgIpc) is 3.28. The van der Waals surface area contributed by atoms with Gasteiger partial charge >= 0.3 is 5.69 Å². The molecule has 1 aromatic carbocycles. The van der Waals surface area contributed by atoms with Crippen LogP contribution in [0.15, 0.2) is 59.0 Å². The van der Waals surface area contributed by atoms with Gasteiger partial charge in [-0.1, -0.05) is 43.7 Å². The van der Waals surface area contributed by atoms with Crippen LogP contribution in [0.25, 0.3) is 0 Å². The van der Waals surface area contributed by atoms with E-state index in [0.717, 1.165) is 12.3 Å². The second kappa shape index (κ2) is 11.4. The molecule has 1 aliphatic heterocycles. The number of amides is 1. The molecule has 0 spiro atoms. The number of hydrogen-bond acceptors (Lipinski definition) is 9. The predicted molar refractivity (Wildman–Crippen MR) is 149 cm³/mol. The van der Waals surface area contributed by atoms with Gasteiger partial charge in [0.25, 0.3) is 13.1 Å². The second-order valence-electron chi connectivity index (χ2n) is 10.9. The van der Waals surface area contributed by atoms with Gasteiger partial charge in [-0.25, -0.2) is 9.69 Å². The summed E-state index contributed by atoms with van der Waals surface area (Å²) in [6, 6.07) is 10.1. The molecular formula is C27H34N3O7PS. The van der Waals surface area contributed by atoms with Crippen LogP contribution < -0.4 is 11.0 Å². The summed E-state index contributed by atoms with van der Waals surface area (Å²) in [5, 5.41) is 13.1. The first-order valence-corrected chi connectivity index (χ1v) is 15.7. The Morgan fingerprint density at radius 1 is 1.26 bits per heavy atom. The van der Waals surface area contributed by atoms with Crippen LogP contribution in [0.1, 0.15) is 56.1 Å². The number of nitrogens with zero attached hydrogens (tertiary/aromatic N) is 2. The fourth-order valence-corrected chi connectivity index (χ4v) is 6.89. The lowest BCUT2D eigenvalue weighted by Crippen LogP contribution is -2.48. The molecule has 0 radical (unpaired) electrons. The van der Waals surface area contributed by atoms with Crippen molar-refractivity contribution in [3.63, 3.8) is 0 Å². The van der Waals surface area contributed by atoms with E-state index in [9.17, 15) is 19.6 Å². The van der Waals surface area contributed by atoms with Crippen molar-refractivity contribution in [1.29, 1.82) is 0 Å². The molecule has 3 N–H and O–H groups in total. The van der Waals surface area contributed by atoms with E-state index in [2.05, 4.69) is 30.2 Å². The lowest BCUT2D eigenvalue weighted by molar-refractivity contribution is -0.0440. The summed E-state index contributed by atoms with van der Waals surface area (Å²) < 4.78 is 18.1. The SMILES string of the molecule is CC1(C)[C@H]2CC=C(CCO[P+](O)([S-])OC[C@H]3O[C@@H](n4ccc(NC(=O)c5ccccc5)nc4=O)C[C@@H]3O)[C@@H]1C2. The topological polar surface area (TPSA) is 132 Å². The highest BCUT2D eigenvalue weighted by Gasteiger charge is 2.51. The number of anilines is 1. The van der Waals surface area contributed by atoms with Crippen molar-refractivity contribution >= 4 is 31.1 Å². The summed E-state index contributed by atoms with van der Waals surface area (Å²) in [6.07, 6.45) is 4.30. The van der Waals surface area contributed by atoms with Crippen LogP contribution in [-0.2, 0) is 26.0 Å². The number of aliphatic hydroxyl groups excluding tert-OH is 1. The van der Waals surface area contributed by atoms with Crippen LogP contribution in [0.5, 0.6) is 0 Å². The minimum atomic E-state index is -3.53. The van der Waals surface area contributed by atoms with E-state index >= 15 is 0 Å². The first-order chi connectivity index (χ1) is 18.5. The number of aromatic nitrogens is 2. The Labute approximate surface area is 233 Å². The maximum Gasteiger partial charge on any atom is 0.351 e. The molecule has 1 saturated carbocycles. The number of carbonyl (C=O) groups excluding carboxylic acids is 1. The quantitative estimate of drug-likeness (QED) is 0.220. The van der Waals surface area contributed by atoms with Crippen LogP contribution in [0.4, 0.5) is 5.82 Å². The van der Waals surface area contributed by atoms with Gasteiger partial charge in [-0.2, -0.15) is 14.0 Å². The highest BCUT2D eigenvalue weighted by atomic mass is 32.7. The van der Waals surface area contributed by atoms with E-state index in [1.165, 1.54) is 28.8 Å². The van der Waals surface area contributed by atoms with Crippen LogP contribution in [0.2, 0.25) is 0 Å². The molecule has 3 aliphatic carbocycles. The van der Waals surface area contributed by atoms with Gasteiger partial charge in [-0.15, -0.1) is 0 Å². The Hall–Kier alpha value is -2.11. The molecule has 2 heterocycles. The predicted octanol–water partition coefficient (Wildman–Crippen LogP) is 3.78. The second-order valence-corrected chi connectivity index (χ2v) is 13.8. The summed E-state index contributed by atoms with van der Waals surface area (Å²) >= 11 is 5.16. The summed E-state index contributed by atoms with van der Waals surface area (Å²) in [7, 11) is -3.53. The third-order valence-electron chi connectivity index (χ3n) is 8.25. The van der Waals surface area contributed by atoms with Gasteiger partial charge in [0.1, 0.15) is 24.8 Å². The van der Waals surface area contributed by atoms with Gasteiger partial charge in [0, 0.05) is 18.2 Å². The summed E-state index contributed by atoms with van der Waals surface area (Å²) in [5.74, 6) is 1.03. The van der Waals surface area contributed by atoms with Gasteiger partial charge < -0.3 is 27.4 Å². The molecule has 1 aromatic heterocycles. The molecule has 2 aromatic rings.